The first-order valence-corrected chi connectivity index (χ1v) is 8.84. The van der Waals surface area contributed by atoms with E-state index in [0.717, 1.165) is 16.9 Å². The molecule has 134 valence electrons. The third-order valence-electron chi connectivity index (χ3n) is 4.14. The fourth-order valence-electron chi connectivity index (χ4n) is 2.81. The summed E-state index contributed by atoms with van der Waals surface area (Å²) >= 11 is 5.92. The molecule has 4 aromatic rings. The Morgan fingerprint density at radius 2 is 1.78 bits per heavy atom. The Morgan fingerprint density at radius 1 is 1.00 bits per heavy atom. The van der Waals surface area contributed by atoms with Crippen LogP contribution in [0.1, 0.15) is 5.56 Å². The molecule has 2 heterocycles. The van der Waals surface area contributed by atoms with Crippen LogP contribution < -0.4 is 10.6 Å². The van der Waals surface area contributed by atoms with Gasteiger partial charge in [-0.15, -0.1) is 0 Å². The average molecular weight is 377 g/mol. The number of aryl methyl sites for hydroxylation is 1. The van der Waals surface area contributed by atoms with Crippen LogP contribution in [-0.4, -0.2) is 15.4 Å². The minimum atomic E-state index is -0.326. The van der Waals surface area contributed by atoms with E-state index in [2.05, 4.69) is 15.6 Å². The van der Waals surface area contributed by atoms with E-state index in [9.17, 15) is 4.79 Å². The number of imidazole rings is 1. The molecule has 0 saturated heterocycles. The van der Waals surface area contributed by atoms with Crippen molar-refractivity contribution < 1.29 is 4.79 Å². The first-order valence-electron chi connectivity index (χ1n) is 8.46. The van der Waals surface area contributed by atoms with Gasteiger partial charge < -0.3 is 15.0 Å². The summed E-state index contributed by atoms with van der Waals surface area (Å²) in [4.78, 5) is 16.8. The minimum Gasteiger partial charge on any atom is -0.308 e. The van der Waals surface area contributed by atoms with Crippen molar-refractivity contribution in [1.29, 1.82) is 0 Å². The Kier molecular flexibility index (Phi) is 4.52. The Balaban J connectivity index is 1.47. The molecule has 0 aliphatic carbocycles. The molecular formula is C21H17ClN4O. The number of rotatable bonds is 3. The number of hydrogen-bond donors (Lipinski definition) is 2. The normalized spacial score (nSPS) is 10.7. The van der Waals surface area contributed by atoms with Gasteiger partial charge in [-0.05, 0) is 55.0 Å². The van der Waals surface area contributed by atoms with Crippen molar-refractivity contribution in [3.05, 3.63) is 83.6 Å². The summed E-state index contributed by atoms with van der Waals surface area (Å²) in [6, 6.07) is 18.3. The monoisotopic (exact) mass is 376 g/mol. The van der Waals surface area contributed by atoms with E-state index in [4.69, 9.17) is 11.6 Å². The second-order valence-corrected chi connectivity index (χ2v) is 6.70. The molecule has 0 radical (unpaired) electrons. The smallest absolute Gasteiger partial charge is 0.308 e. The standard InChI is InChI=1S/C21H17ClN4O/c1-14-9-10-26-13-19(25-20(26)11-14)15-5-7-17(8-6-15)23-21(27)24-18-4-2-3-16(22)12-18/h2-13H,1H3,(H2,23,24,27). The summed E-state index contributed by atoms with van der Waals surface area (Å²) < 4.78 is 1.99. The molecule has 0 aliphatic heterocycles. The molecule has 6 heteroatoms. The van der Waals surface area contributed by atoms with Gasteiger partial charge in [0.25, 0.3) is 0 Å². The first kappa shape index (κ1) is 17.1. The second kappa shape index (κ2) is 7.13. The second-order valence-electron chi connectivity index (χ2n) is 6.26. The van der Waals surface area contributed by atoms with E-state index < -0.39 is 0 Å². The summed E-state index contributed by atoms with van der Waals surface area (Å²) in [7, 11) is 0. The molecule has 2 N–H and O–H groups in total. The van der Waals surface area contributed by atoms with E-state index in [1.165, 1.54) is 5.56 Å². The SMILES string of the molecule is Cc1ccn2cc(-c3ccc(NC(=O)Nc4cccc(Cl)c4)cc3)nc2c1. The van der Waals surface area contributed by atoms with Crippen molar-refractivity contribution >= 4 is 34.7 Å². The summed E-state index contributed by atoms with van der Waals surface area (Å²) in [5.74, 6) is 0. The number of urea groups is 1. The first-order chi connectivity index (χ1) is 13.1. The maximum Gasteiger partial charge on any atom is 0.323 e. The molecule has 0 aliphatic rings. The molecule has 4 rings (SSSR count). The zero-order chi connectivity index (χ0) is 18.8. The van der Waals surface area contributed by atoms with Crippen molar-refractivity contribution in [2.24, 2.45) is 0 Å². The molecule has 0 fully saturated rings. The minimum absolute atomic E-state index is 0.326. The highest BCUT2D eigenvalue weighted by atomic mass is 35.5. The van der Waals surface area contributed by atoms with Crippen LogP contribution >= 0.6 is 11.6 Å². The van der Waals surface area contributed by atoms with E-state index >= 15 is 0 Å². The molecule has 2 aromatic carbocycles. The zero-order valence-electron chi connectivity index (χ0n) is 14.6. The molecule has 2 amide bonds. The third-order valence-corrected chi connectivity index (χ3v) is 4.37. The van der Waals surface area contributed by atoms with Crippen molar-refractivity contribution in [3.8, 4) is 11.3 Å². The zero-order valence-corrected chi connectivity index (χ0v) is 15.4. The summed E-state index contributed by atoms with van der Waals surface area (Å²) in [5, 5.41) is 6.12. The quantitative estimate of drug-likeness (QED) is 0.488. The summed E-state index contributed by atoms with van der Waals surface area (Å²) in [5.41, 5.74) is 5.28. The topological polar surface area (TPSA) is 58.4 Å². The van der Waals surface area contributed by atoms with Crippen molar-refractivity contribution in [2.75, 3.05) is 10.6 Å². The maximum absolute atomic E-state index is 12.1. The Labute approximate surface area is 161 Å². The van der Waals surface area contributed by atoms with E-state index in [0.29, 0.717) is 16.4 Å². The highest BCUT2D eigenvalue weighted by molar-refractivity contribution is 6.30. The van der Waals surface area contributed by atoms with Crippen LogP contribution in [0.2, 0.25) is 5.02 Å². The molecule has 0 bridgehead atoms. The number of carbonyl (C=O) groups is 1. The van der Waals surface area contributed by atoms with Gasteiger partial charge >= 0.3 is 6.03 Å². The van der Waals surface area contributed by atoms with Crippen LogP contribution in [0.25, 0.3) is 16.9 Å². The van der Waals surface area contributed by atoms with Crippen LogP contribution in [0.15, 0.2) is 73.1 Å². The lowest BCUT2D eigenvalue weighted by Crippen LogP contribution is -2.19. The number of halogens is 1. The Morgan fingerprint density at radius 3 is 2.56 bits per heavy atom. The molecule has 0 spiro atoms. The van der Waals surface area contributed by atoms with Crippen LogP contribution in [-0.2, 0) is 0 Å². The van der Waals surface area contributed by atoms with Crippen LogP contribution in [0.4, 0.5) is 16.2 Å². The number of nitrogens with one attached hydrogen (secondary N) is 2. The largest absolute Gasteiger partial charge is 0.323 e. The van der Waals surface area contributed by atoms with Crippen LogP contribution in [0.5, 0.6) is 0 Å². The molecule has 2 aromatic heterocycles. The number of aromatic nitrogens is 2. The van der Waals surface area contributed by atoms with E-state index in [-0.39, 0.29) is 6.03 Å². The van der Waals surface area contributed by atoms with Gasteiger partial charge in [0, 0.05) is 34.4 Å². The fraction of sp³-hybridized carbons (Fsp3) is 0.0476. The molecule has 0 saturated carbocycles. The van der Waals surface area contributed by atoms with Crippen LogP contribution in [0.3, 0.4) is 0 Å². The molecule has 0 unspecified atom stereocenters. The average Bonchev–Trinajstić information content (AvgIpc) is 3.05. The maximum atomic E-state index is 12.1. The lowest BCUT2D eigenvalue weighted by Gasteiger charge is -2.08. The molecule has 0 atom stereocenters. The highest BCUT2D eigenvalue weighted by Crippen LogP contribution is 2.22. The predicted molar refractivity (Wildman–Crippen MR) is 109 cm³/mol. The van der Waals surface area contributed by atoms with Gasteiger partial charge in [0.2, 0.25) is 0 Å². The van der Waals surface area contributed by atoms with Gasteiger partial charge in [-0.3, -0.25) is 0 Å². The molecular weight excluding hydrogens is 360 g/mol. The van der Waals surface area contributed by atoms with Crippen molar-refractivity contribution in [3.63, 3.8) is 0 Å². The van der Waals surface area contributed by atoms with Crippen molar-refractivity contribution in [2.45, 2.75) is 6.92 Å². The summed E-state index contributed by atoms with van der Waals surface area (Å²) in [6.45, 7) is 2.04. The van der Waals surface area contributed by atoms with E-state index in [1.54, 1.807) is 24.3 Å². The molecule has 27 heavy (non-hydrogen) atoms. The Bertz CT molecular complexity index is 1120. The number of fused-ring (bicyclic) bond motifs is 1. The van der Waals surface area contributed by atoms with Gasteiger partial charge in [0.05, 0.1) is 5.69 Å². The number of anilines is 2. The predicted octanol–water partition coefficient (Wildman–Crippen LogP) is 5.61. The lowest BCUT2D eigenvalue weighted by atomic mass is 10.1. The fourth-order valence-corrected chi connectivity index (χ4v) is 3.00. The van der Waals surface area contributed by atoms with Crippen LogP contribution in [0, 0.1) is 6.92 Å². The highest BCUT2D eigenvalue weighted by Gasteiger charge is 2.06. The lowest BCUT2D eigenvalue weighted by molar-refractivity contribution is 0.262. The van der Waals surface area contributed by atoms with Gasteiger partial charge in [0.15, 0.2) is 0 Å². The number of benzene rings is 2. The molecule has 5 nitrogen and oxygen atoms in total. The number of hydrogen-bond acceptors (Lipinski definition) is 2. The number of amides is 2. The van der Waals surface area contributed by atoms with Gasteiger partial charge in [-0.25, -0.2) is 9.78 Å². The number of carbonyl (C=O) groups excluding carboxylic acids is 1. The Hall–Kier alpha value is -3.31. The van der Waals surface area contributed by atoms with Crippen molar-refractivity contribution in [1.82, 2.24) is 9.38 Å². The number of pyridine rings is 1. The third kappa shape index (κ3) is 3.93. The van der Waals surface area contributed by atoms with E-state index in [1.807, 2.05) is 60.1 Å². The summed E-state index contributed by atoms with van der Waals surface area (Å²) in [6.07, 6.45) is 3.99. The number of nitrogens with zero attached hydrogens (tertiary/aromatic N) is 2. The van der Waals surface area contributed by atoms with Gasteiger partial charge in [-0.2, -0.15) is 0 Å². The van der Waals surface area contributed by atoms with Gasteiger partial charge in [0.1, 0.15) is 5.65 Å². The van der Waals surface area contributed by atoms with Gasteiger partial charge in [-0.1, -0.05) is 29.8 Å².